The minimum atomic E-state index is -0.490. The second-order valence-electron chi connectivity index (χ2n) is 5.43. The number of rotatable bonds is 3. The molecule has 1 aliphatic rings. The van der Waals surface area contributed by atoms with Gasteiger partial charge in [0.25, 0.3) is 0 Å². The zero-order chi connectivity index (χ0) is 14.8. The molecule has 0 amide bonds. The number of esters is 1. The molecule has 0 radical (unpaired) electrons. The molecule has 0 saturated carbocycles. The van der Waals surface area contributed by atoms with Gasteiger partial charge in [-0.25, -0.2) is 4.79 Å². The molecule has 21 heavy (non-hydrogen) atoms. The van der Waals surface area contributed by atoms with Crippen LogP contribution < -0.4 is 5.73 Å². The van der Waals surface area contributed by atoms with Crippen molar-refractivity contribution >= 4 is 11.7 Å². The Morgan fingerprint density at radius 1 is 1.48 bits per heavy atom. The van der Waals surface area contributed by atoms with Crippen LogP contribution in [0.4, 0.5) is 5.69 Å². The lowest BCUT2D eigenvalue weighted by Gasteiger charge is -2.25. The fourth-order valence-electron chi connectivity index (χ4n) is 3.06. The van der Waals surface area contributed by atoms with Crippen molar-refractivity contribution in [2.45, 2.75) is 31.7 Å². The number of carbonyl (C=O) groups is 1. The number of methoxy groups -OCH3 is 1. The molecule has 1 aliphatic carbocycles. The van der Waals surface area contributed by atoms with E-state index in [1.54, 1.807) is 10.9 Å². The molecule has 0 bridgehead atoms. The number of hydrogen-bond donors (Lipinski definition) is 1. The highest BCUT2D eigenvalue weighted by molar-refractivity contribution is 5.92. The van der Waals surface area contributed by atoms with Crippen LogP contribution in [0.3, 0.4) is 0 Å². The first-order valence-corrected chi connectivity index (χ1v) is 7.18. The van der Waals surface area contributed by atoms with E-state index in [1.807, 2.05) is 0 Å². The summed E-state index contributed by atoms with van der Waals surface area (Å²) >= 11 is 0. The van der Waals surface area contributed by atoms with Gasteiger partial charge in [0.15, 0.2) is 5.69 Å². The number of anilines is 1. The highest BCUT2D eigenvalue weighted by Gasteiger charge is 2.22. The molecule has 1 aromatic heterocycles. The van der Waals surface area contributed by atoms with Crippen molar-refractivity contribution in [3.63, 3.8) is 0 Å². The lowest BCUT2D eigenvalue weighted by molar-refractivity contribution is 0.0594. The standard InChI is InChI=1S/C16H19N3O2/c1-21-16(20)15-14(17)10-19(18-15)9-12-7-4-6-11-5-2-3-8-13(11)12/h2-3,5,8,10,12H,4,6-7,9,17H2,1H3. The van der Waals surface area contributed by atoms with Crippen LogP contribution in [-0.4, -0.2) is 22.9 Å². The fraction of sp³-hybridized carbons (Fsp3) is 0.375. The van der Waals surface area contributed by atoms with E-state index in [-0.39, 0.29) is 5.69 Å². The third-order valence-electron chi connectivity index (χ3n) is 4.07. The molecule has 1 atom stereocenters. The highest BCUT2D eigenvalue weighted by atomic mass is 16.5. The molecule has 0 spiro atoms. The van der Waals surface area contributed by atoms with E-state index in [4.69, 9.17) is 5.73 Å². The maximum Gasteiger partial charge on any atom is 0.360 e. The molecular formula is C16H19N3O2. The minimum absolute atomic E-state index is 0.196. The summed E-state index contributed by atoms with van der Waals surface area (Å²) in [6, 6.07) is 8.54. The van der Waals surface area contributed by atoms with Crippen LogP contribution in [0.5, 0.6) is 0 Å². The average molecular weight is 285 g/mol. The van der Waals surface area contributed by atoms with Crippen LogP contribution in [-0.2, 0) is 17.7 Å². The smallest absolute Gasteiger partial charge is 0.360 e. The number of ether oxygens (including phenoxy) is 1. The Balaban J connectivity index is 1.84. The molecule has 1 heterocycles. The number of nitrogens with zero attached hydrogens (tertiary/aromatic N) is 2. The molecule has 2 aromatic rings. The second kappa shape index (κ2) is 5.60. The van der Waals surface area contributed by atoms with Gasteiger partial charge in [0.2, 0.25) is 0 Å². The van der Waals surface area contributed by atoms with Crippen molar-refractivity contribution < 1.29 is 9.53 Å². The molecule has 5 heteroatoms. The van der Waals surface area contributed by atoms with Gasteiger partial charge in [-0.3, -0.25) is 4.68 Å². The fourth-order valence-corrected chi connectivity index (χ4v) is 3.06. The van der Waals surface area contributed by atoms with E-state index in [9.17, 15) is 4.79 Å². The number of nitrogens with two attached hydrogens (primary N) is 1. The maximum absolute atomic E-state index is 11.6. The first-order valence-electron chi connectivity index (χ1n) is 7.18. The first-order chi connectivity index (χ1) is 10.2. The van der Waals surface area contributed by atoms with Crippen LogP contribution in [0.2, 0.25) is 0 Å². The summed E-state index contributed by atoms with van der Waals surface area (Å²) in [5.41, 5.74) is 9.20. The van der Waals surface area contributed by atoms with E-state index < -0.39 is 5.97 Å². The van der Waals surface area contributed by atoms with Gasteiger partial charge in [0.1, 0.15) is 0 Å². The van der Waals surface area contributed by atoms with Crippen LogP contribution in [0, 0.1) is 0 Å². The largest absolute Gasteiger partial charge is 0.464 e. The maximum atomic E-state index is 11.6. The molecule has 1 aromatic carbocycles. The zero-order valence-corrected chi connectivity index (χ0v) is 12.1. The van der Waals surface area contributed by atoms with Crippen molar-refractivity contribution in [1.29, 1.82) is 0 Å². The number of fused-ring (bicyclic) bond motifs is 1. The predicted molar refractivity (Wildman–Crippen MR) is 80.1 cm³/mol. The Morgan fingerprint density at radius 3 is 3.10 bits per heavy atom. The normalized spacial score (nSPS) is 17.3. The van der Waals surface area contributed by atoms with Gasteiger partial charge in [-0.05, 0) is 30.4 Å². The van der Waals surface area contributed by atoms with Crippen molar-refractivity contribution in [2.24, 2.45) is 0 Å². The third-order valence-corrected chi connectivity index (χ3v) is 4.07. The second-order valence-corrected chi connectivity index (χ2v) is 5.43. The number of aromatic nitrogens is 2. The average Bonchev–Trinajstić information content (AvgIpc) is 2.87. The van der Waals surface area contributed by atoms with Crippen LogP contribution in [0.25, 0.3) is 0 Å². The van der Waals surface area contributed by atoms with E-state index in [0.717, 1.165) is 19.4 Å². The Morgan fingerprint density at radius 2 is 2.29 bits per heavy atom. The van der Waals surface area contributed by atoms with E-state index in [1.165, 1.54) is 24.7 Å². The summed E-state index contributed by atoms with van der Waals surface area (Å²) in [5.74, 6) is -0.0740. The number of nitrogen functional groups attached to an aromatic ring is 1. The highest BCUT2D eigenvalue weighted by Crippen LogP contribution is 2.32. The van der Waals surface area contributed by atoms with Gasteiger partial charge in [0, 0.05) is 18.7 Å². The summed E-state index contributed by atoms with van der Waals surface area (Å²) in [4.78, 5) is 11.6. The zero-order valence-electron chi connectivity index (χ0n) is 12.1. The third kappa shape index (κ3) is 2.63. The summed E-state index contributed by atoms with van der Waals surface area (Å²) in [6.07, 6.45) is 5.16. The van der Waals surface area contributed by atoms with Gasteiger partial charge >= 0.3 is 5.97 Å². The summed E-state index contributed by atoms with van der Waals surface area (Å²) < 4.78 is 6.44. The molecule has 2 N–H and O–H groups in total. The molecule has 3 rings (SSSR count). The van der Waals surface area contributed by atoms with E-state index in [2.05, 4.69) is 34.1 Å². The summed E-state index contributed by atoms with van der Waals surface area (Å²) in [6.45, 7) is 0.734. The quantitative estimate of drug-likeness (QED) is 0.879. The van der Waals surface area contributed by atoms with Crippen molar-refractivity contribution in [1.82, 2.24) is 9.78 Å². The SMILES string of the molecule is COC(=O)c1nn(CC2CCCc3ccccc32)cc1N. The Hall–Kier alpha value is -2.30. The molecule has 0 fully saturated rings. The Kier molecular flexibility index (Phi) is 3.64. The van der Waals surface area contributed by atoms with Gasteiger partial charge in [-0.1, -0.05) is 24.3 Å². The first kappa shape index (κ1) is 13.7. The van der Waals surface area contributed by atoms with Crippen molar-refractivity contribution in [3.05, 3.63) is 47.3 Å². The summed E-state index contributed by atoms with van der Waals surface area (Å²) in [7, 11) is 1.33. The summed E-state index contributed by atoms with van der Waals surface area (Å²) in [5, 5.41) is 4.26. The van der Waals surface area contributed by atoms with Crippen LogP contribution in [0.1, 0.15) is 40.4 Å². The Labute approximate surface area is 123 Å². The lowest BCUT2D eigenvalue weighted by atomic mass is 9.83. The van der Waals surface area contributed by atoms with Gasteiger partial charge in [-0.15, -0.1) is 0 Å². The van der Waals surface area contributed by atoms with Gasteiger partial charge < -0.3 is 10.5 Å². The van der Waals surface area contributed by atoms with Crippen LogP contribution in [0.15, 0.2) is 30.5 Å². The molecule has 5 nitrogen and oxygen atoms in total. The number of carbonyl (C=O) groups excluding carboxylic acids is 1. The van der Waals surface area contributed by atoms with E-state index >= 15 is 0 Å². The van der Waals surface area contributed by atoms with E-state index in [0.29, 0.717) is 11.6 Å². The van der Waals surface area contributed by atoms with Crippen LogP contribution >= 0.6 is 0 Å². The molecule has 0 saturated heterocycles. The number of hydrogen-bond acceptors (Lipinski definition) is 4. The number of aryl methyl sites for hydroxylation is 1. The molecule has 0 aliphatic heterocycles. The lowest BCUT2D eigenvalue weighted by Crippen LogP contribution is -2.16. The Bertz CT molecular complexity index is 663. The minimum Gasteiger partial charge on any atom is -0.464 e. The number of benzene rings is 1. The monoisotopic (exact) mass is 285 g/mol. The molecule has 1 unspecified atom stereocenters. The van der Waals surface area contributed by atoms with Gasteiger partial charge in [0.05, 0.1) is 12.8 Å². The topological polar surface area (TPSA) is 70.1 Å². The molecule has 110 valence electrons. The predicted octanol–water partition coefficient (Wildman–Crippen LogP) is 2.37. The van der Waals surface area contributed by atoms with Crippen molar-refractivity contribution in [2.75, 3.05) is 12.8 Å². The molecular weight excluding hydrogens is 266 g/mol. The van der Waals surface area contributed by atoms with Gasteiger partial charge in [-0.2, -0.15) is 5.10 Å². The van der Waals surface area contributed by atoms with Crippen molar-refractivity contribution in [3.8, 4) is 0 Å².